The summed E-state index contributed by atoms with van der Waals surface area (Å²) >= 11 is 5.64. The van der Waals surface area contributed by atoms with E-state index in [1.807, 2.05) is 0 Å². The maximum atomic E-state index is 13.5. The largest absolute Gasteiger partial charge is 0.417 e. The topological polar surface area (TPSA) is 32.3 Å². The maximum absolute atomic E-state index is 13.5. The fourth-order valence-electron chi connectivity index (χ4n) is 4.06. The van der Waals surface area contributed by atoms with Crippen molar-refractivity contribution in [1.82, 2.24) is 4.90 Å². The quantitative estimate of drug-likeness (QED) is 0.362. The minimum atomic E-state index is -4.64. The molecule has 0 atom stereocenters. The predicted octanol–water partition coefficient (Wildman–Crippen LogP) is 7.77. The van der Waals surface area contributed by atoms with Crippen LogP contribution in [0.3, 0.4) is 0 Å². The van der Waals surface area contributed by atoms with Crippen molar-refractivity contribution in [3.63, 3.8) is 0 Å². The lowest BCUT2D eigenvalue weighted by Crippen LogP contribution is -2.39. The number of rotatable bonds is 3. The van der Waals surface area contributed by atoms with E-state index in [9.17, 15) is 26.7 Å². The third-order valence-corrected chi connectivity index (χ3v) is 6.13. The molecule has 182 valence electrons. The summed E-state index contributed by atoms with van der Waals surface area (Å²) in [5, 5.41) is 2.05. The van der Waals surface area contributed by atoms with Crippen LogP contribution in [0.4, 0.5) is 32.4 Å². The average Bonchev–Trinajstić information content (AvgIpc) is 2.82. The Morgan fingerprint density at radius 3 is 1.83 bits per heavy atom. The molecule has 0 radical (unpaired) electrons. The van der Waals surface area contributed by atoms with E-state index in [2.05, 4.69) is 5.32 Å². The number of amides is 2. The summed E-state index contributed by atoms with van der Waals surface area (Å²) in [6.07, 6.45) is -3.66. The molecule has 0 bridgehead atoms. The van der Waals surface area contributed by atoms with Crippen molar-refractivity contribution < 1.29 is 26.7 Å². The Kier molecular flexibility index (Phi) is 7.12. The van der Waals surface area contributed by atoms with Gasteiger partial charge in [0.1, 0.15) is 11.6 Å². The fourth-order valence-corrected chi connectivity index (χ4v) is 4.29. The van der Waals surface area contributed by atoms with Gasteiger partial charge in [0.15, 0.2) is 0 Å². The SMILES string of the molecule is O=C(Nc1ccc(Cl)c(C(F)(F)F)c1)N1CCC(=C(c2ccc(F)cc2)c2ccc(F)cc2)CC1. The third-order valence-electron chi connectivity index (χ3n) is 5.80. The number of alkyl halides is 3. The number of likely N-dealkylation sites (tertiary alicyclic amines) is 1. The molecule has 0 aromatic heterocycles. The second-order valence-corrected chi connectivity index (χ2v) is 8.51. The second kappa shape index (κ2) is 10.1. The van der Waals surface area contributed by atoms with E-state index < -0.39 is 22.8 Å². The first-order valence-corrected chi connectivity index (χ1v) is 11.2. The van der Waals surface area contributed by atoms with E-state index in [1.54, 1.807) is 24.3 Å². The molecule has 1 heterocycles. The van der Waals surface area contributed by atoms with Gasteiger partial charge in [0.25, 0.3) is 0 Å². The summed E-state index contributed by atoms with van der Waals surface area (Å²) in [4.78, 5) is 14.2. The smallest absolute Gasteiger partial charge is 0.324 e. The number of hydrogen-bond donors (Lipinski definition) is 1. The summed E-state index contributed by atoms with van der Waals surface area (Å²) in [5.74, 6) is -0.751. The lowest BCUT2D eigenvalue weighted by Gasteiger charge is -2.30. The summed E-state index contributed by atoms with van der Waals surface area (Å²) in [5.41, 5.74) is 2.37. The molecule has 1 N–H and O–H groups in total. The van der Waals surface area contributed by atoms with Crippen molar-refractivity contribution in [1.29, 1.82) is 0 Å². The van der Waals surface area contributed by atoms with Crippen LogP contribution < -0.4 is 5.32 Å². The first kappa shape index (κ1) is 24.7. The summed E-state index contributed by atoms with van der Waals surface area (Å²) < 4.78 is 66.3. The van der Waals surface area contributed by atoms with Crippen LogP contribution in [0, 0.1) is 11.6 Å². The van der Waals surface area contributed by atoms with E-state index in [1.165, 1.54) is 35.2 Å². The zero-order valence-corrected chi connectivity index (χ0v) is 19.1. The number of hydrogen-bond acceptors (Lipinski definition) is 1. The molecule has 0 aliphatic carbocycles. The highest BCUT2D eigenvalue weighted by Crippen LogP contribution is 2.36. The number of halogens is 6. The van der Waals surface area contributed by atoms with E-state index in [0.29, 0.717) is 25.9 Å². The molecule has 4 rings (SSSR count). The molecule has 0 saturated carbocycles. The van der Waals surface area contributed by atoms with Crippen molar-refractivity contribution >= 4 is 28.9 Å². The van der Waals surface area contributed by atoms with Crippen LogP contribution >= 0.6 is 11.6 Å². The lowest BCUT2D eigenvalue weighted by atomic mass is 9.88. The van der Waals surface area contributed by atoms with Gasteiger partial charge in [-0.05, 0) is 72.0 Å². The normalized spacial score (nSPS) is 14.1. The number of nitrogens with zero attached hydrogens (tertiary/aromatic N) is 1. The van der Waals surface area contributed by atoms with Crippen LogP contribution in [0.2, 0.25) is 5.02 Å². The zero-order chi connectivity index (χ0) is 25.2. The standard InChI is InChI=1S/C26H20ClF5N2O/c27-23-10-9-21(15-22(23)26(30,31)32)33-25(35)34-13-11-18(12-14-34)24(16-1-5-19(28)6-2-16)17-3-7-20(29)8-4-17/h1-10,15H,11-14H2,(H,33,35). The van der Waals surface area contributed by atoms with Gasteiger partial charge in [-0.3, -0.25) is 0 Å². The molecular weight excluding hydrogens is 487 g/mol. The number of urea groups is 1. The molecule has 2 amide bonds. The molecule has 0 spiro atoms. The highest BCUT2D eigenvalue weighted by molar-refractivity contribution is 6.31. The molecule has 0 unspecified atom stereocenters. The van der Waals surface area contributed by atoms with Crippen LogP contribution in [0.1, 0.15) is 29.5 Å². The van der Waals surface area contributed by atoms with Gasteiger partial charge in [0, 0.05) is 18.8 Å². The lowest BCUT2D eigenvalue weighted by molar-refractivity contribution is -0.137. The number of piperidine rings is 1. The summed E-state index contributed by atoms with van der Waals surface area (Å²) in [6, 6.07) is 14.7. The van der Waals surface area contributed by atoms with Gasteiger partial charge >= 0.3 is 12.2 Å². The molecule has 1 saturated heterocycles. The first-order valence-electron chi connectivity index (χ1n) is 10.8. The molecular formula is C26H20ClF5N2O. The van der Waals surface area contributed by atoms with Crippen molar-refractivity contribution in [2.24, 2.45) is 0 Å². The number of anilines is 1. The minimum absolute atomic E-state index is 0.00798. The molecule has 1 fully saturated rings. The highest BCUT2D eigenvalue weighted by atomic mass is 35.5. The second-order valence-electron chi connectivity index (χ2n) is 8.10. The van der Waals surface area contributed by atoms with Gasteiger partial charge < -0.3 is 10.2 Å². The Balaban J connectivity index is 1.53. The number of nitrogens with one attached hydrogen (secondary N) is 1. The fraction of sp³-hybridized carbons (Fsp3) is 0.192. The van der Waals surface area contributed by atoms with Gasteiger partial charge in [-0.25, -0.2) is 13.6 Å². The first-order chi connectivity index (χ1) is 16.6. The maximum Gasteiger partial charge on any atom is 0.417 e. The average molecular weight is 507 g/mol. The van der Waals surface area contributed by atoms with Crippen LogP contribution in [0.5, 0.6) is 0 Å². The molecule has 3 nitrogen and oxygen atoms in total. The van der Waals surface area contributed by atoms with Gasteiger partial charge in [-0.2, -0.15) is 13.2 Å². The highest BCUT2D eigenvalue weighted by Gasteiger charge is 2.33. The molecule has 1 aliphatic heterocycles. The van der Waals surface area contributed by atoms with E-state index in [4.69, 9.17) is 11.6 Å². The number of carbonyl (C=O) groups is 1. The van der Waals surface area contributed by atoms with Gasteiger partial charge in [0.2, 0.25) is 0 Å². The minimum Gasteiger partial charge on any atom is -0.324 e. The van der Waals surface area contributed by atoms with Crippen LogP contribution in [0.25, 0.3) is 5.57 Å². The molecule has 35 heavy (non-hydrogen) atoms. The van der Waals surface area contributed by atoms with Crippen molar-refractivity contribution in [3.8, 4) is 0 Å². The van der Waals surface area contributed by atoms with Crippen LogP contribution in [-0.4, -0.2) is 24.0 Å². The Morgan fingerprint density at radius 1 is 0.829 bits per heavy atom. The number of benzene rings is 3. The van der Waals surface area contributed by atoms with Crippen LogP contribution in [-0.2, 0) is 6.18 Å². The van der Waals surface area contributed by atoms with Gasteiger partial charge in [-0.1, -0.05) is 41.4 Å². The Hall–Kier alpha value is -3.39. The molecule has 3 aromatic carbocycles. The van der Waals surface area contributed by atoms with Crippen LogP contribution in [0.15, 0.2) is 72.3 Å². The summed E-state index contributed by atoms with van der Waals surface area (Å²) in [7, 11) is 0. The van der Waals surface area contributed by atoms with Crippen molar-refractivity contribution in [3.05, 3.63) is 106 Å². The third kappa shape index (κ3) is 5.82. The van der Waals surface area contributed by atoms with E-state index in [-0.39, 0.29) is 17.3 Å². The van der Waals surface area contributed by atoms with E-state index in [0.717, 1.165) is 34.4 Å². The molecule has 1 aliphatic rings. The predicted molar refractivity (Wildman–Crippen MR) is 125 cm³/mol. The monoisotopic (exact) mass is 506 g/mol. The van der Waals surface area contributed by atoms with Gasteiger partial charge in [0.05, 0.1) is 10.6 Å². The van der Waals surface area contributed by atoms with Gasteiger partial charge in [-0.15, -0.1) is 0 Å². The Labute approximate surface area is 203 Å². The van der Waals surface area contributed by atoms with E-state index >= 15 is 0 Å². The van der Waals surface area contributed by atoms with Crippen molar-refractivity contribution in [2.75, 3.05) is 18.4 Å². The molecule has 9 heteroatoms. The van der Waals surface area contributed by atoms with Crippen molar-refractivity contribution in [2.45, 2.75) is 19.0 Å². The Bertz CT molecular complexity index is 1200. The zero-order valence-electron chi connectivity index (χ0n) is 18.3. The number of carbonyl (C=O) groups excluding carboxylic acids is 1. The molecule has 3 aromatic rings. The summed E-state index contributed by atoms with van der Waals surface area (Å²) in [6.45, 7) is 0.652. The Morgan fingerprint density at radius 2 is 1.34 bits per heavy atom.